The third kappa shape index (κ3) is 3.45. The second-order valence-corrected chi connectivity index (χ2v) is 4.77. The van der Waals surface area contributed by atoms with Crippen LogP contribution in [-0.2, 0) is 4.79 Å². The van der Waals surface area contributed by atoms with E-state index in [1.54, 1.807) is 12.1 Å². The van der Waals surface area contributed by atoms with Crippen molar-refractivity contribution in [2.45, 2.75) is 38.6 Å². The number of halogens is 1. The molecule has 1 amide bonds. The molecule has 3 nitrogen and oxygen atoms in total. The van der Waals surface area contributed by atoms with Gasteiger partial charge in [-0.05, 0) is 37.5 Å². The molecular weight excluding hydrogens is 233 g/mol. The Morgan fingerprint density at radius 1 is 1.44 bits per heavy atom. The van der Waals surface area contributed by atoms with Crippen molar-refractivity contribution in [2.24, 2.45) is 0 Å². The van der Waals surface area contributed by atoms with E-state index in [1.165, 1.54) is 6.07 Å². The van der Waals surface area contributed by atoms with Gasteiger partial charge in [0.15, 0.2) is 18.2 Å². The van der Waals surface area contributed by atoms with Gasteiger partial charge in [-0.3, -0.25) is 4.79 Å². The van der Waals surface area contributed by atoms with E-state index < -0.39 is 5.82 Å². The van der Waals surface area contributed by atoms with Crippen LogP contribution in [0.2, 0.25) is 0 Å². The fourth-order valence-corrected chi connectivity index (χ4v) is 2.20. The average molecular weight is 251 g/mol. The van der Waals surface area contributed by atoms with Gasteiger partial charge in [-0.1, -0.05) is 18.9 Å². The highest BCUT2D eigenvalue weighted by atomic mass is 19.1. The number of ether oxygens (including phenoxy) is 1. The minimum absolute atomic E-state index is 0.128. The molecular formula is C14H18FNO2. The van der Waals surface area contributed by atoms with Crippen molar-refractivity contribution in [3.05, 3.63) is 29.6 Å². The lowest BCUT2D eigenvalue weighted by Crippen LogP contribution is -2.36. The topological polar surface area (TPSA) is 38.3 Å². The molecule has 0 heterocycles. The Balaban J connectivity index is 1.83. The lowest BCUT2D eigenvalue weighted by atomic mass is 10.2. The molecule has 1 aromatic rings. The maximum absolute atomic E-state index is 13.4. The molecule has 1 aliphatic carbocycles. The van der Waals surface area contributed by atoms with Crippen molar-refractivity contribution in [1.29, 1.82) is 0 Å². The van der Waals surface area contributed by atoms with E-state index in [2.05, 4.69) is 5.32 Å². The van der Waals surface area contributed by atoms with Gasteiger partial charge in [0.1, 0.15) is 0 Å². The summed E-state index contributed by atoms with van der Waals surface area (Å²) >= 11 is 0. The minimum atomic E-state index is -0.436. The van der Waals surface area contributed by atoms with Crippen LogP contribution in [-0.4, -0.2) is 18.6 Å². The van der Waals surface area contributed by atoms with Gasteiger partial charge in [0.25, 0.3) is 5.91 Å². The Kier molecular flexibility index (Phi) is 4.18. The SMILES string of the molecule is Cc1ccc(F)c(OCC(=O)NC2CCCC2)c1. The largest absolute Gasteiger partial charge is 0.481 e. The Morgan fingerprint density at radius 3 is 2.89 bits per heavy atom. The van der Waals surface area contributed by atoms with Gasteiger partial charge in [-0.15, -0.1) is 0 Å². The number of hydrogen-bond donors (Lipinski definition) is 1. The van der Waals surface area contributed by atoms with Crippen LogP contribution < -0.4 is 10.1 Å². The number of aryl methyl sites for hydroxylation is 1. The van der Waals surface area contributed by atoms with Crippen LogP contribution in [0.4, 0.5) is 4.39 Å². The Bertz CT molecular complexity index is 428. The quantitative estimate of drug-likeness (QED) is 0.893. The normalized spacial score (nSPS) is 15.7. The zero-order chi connectivity index (χ0) is 13.0. The lowest BCUT2D eigenvalue weighted by molar-refractivity contribution is -0.123. The van der Waals surface area contributed by atoms with E-state index in [9.17, 15) is 9.18 Å². The second-order valence-electron chi connectivity index (χ2n) is 4.77. The highest BCUT2D eigenvalue weighted by Crippen LogP contribution is 2.19. The molecule has 98 valence electrons. The number of amides is 1. The van der Waals surface area contributed by atoms with Crippen LogP contribution >= 0.6 is 0 Å². The monoisotopic (exact) mass is 251 g/mol. The first-order valence-corrected chi connectivity index (χ1v) is 6.33. The van der Waals surface area contributed by atoms with Gasteiger partial charge in [0, 0.05) is 6.04 Å². The minimum Gasteiger partial charge on any atom is -0.481 e. The van der Waals surface area contributed by atoms with Crippen molar-refractivity contribution >= 4 is 5.91 Å². The summed E-state index contributed by atoms with van der Waals surface area (Å²) in [5, 5.41) is 2.90. The molecule has 1 N–H and O–H groups in total. The molecule has 1 saturated carbocycles. The van der Waals surface area contributed by atoms with E-state index in [0.29, 0.717) is 0 Å². The van der Waals surface area contributed by atoms with Gasteiger partial charge in [0.05, 0.1) is 0 Å². The molecule has 0 bridgehead atoms. The molecule has 0 unspecified atom stereocenters. The predicted octanol–water partition coefficient (Wildman–Crippen LogP) is 2.57. The van der Waals surface area contributed by atoms with E-state index in [0.717, 1.165) is 31.2 Å². The molecule has 0 spiro atoms. The van der Waals surface area contributed by atoms with Gasteiger partial charge in [-0.2, -0.15) is 0 Å². The zero-order valence-corrected chi connectivity index (χ0v) is 10.5. The first-order valence-electron chi connectivity index (χ1n) is 6.33. The predicted molar refractivity (Wildman–Crippen MR) is 67.0 cm³/mol. The van der Waals surface area contributed by atoms with Crippen molar-refractivity contribution in [3.63, 3.8) is 0 Å². The van der Waals surface area contributed by atoms with Crippen LogP contribution in [0, 0.1) is 12.7 Å². The molecule has 0 aliphatic heterocycles. The molecule has 1 aromatic carbocycles. The summed E-state index contributed by atoms with van der Waals surface area (Å²) in [7, 11) is 0. The zero-order valence-electron chi connectivity index (χ0n) is 10.5. The lowest BCUT2D eigenvalue weighted by Gasteiger charge is -2.13. The smallest absolute Gasteiger partial charge is 0.258 e. The van der Waals surface area contributed by atoms with Crippen LogP contribution in [0.25, 0.3) is 0 Å². The third-order valence-electron chi connectivity index (χ3n) is 3.17. The van der Waals surface area contributed by atoms with Gasteiger partial charge in [-0.25, -0.2) is 4.39 Å². The fourth-order valence-electron chi connectivity index (χ4n) is 2.20. The highest BCUT2D eigenvalue weighted by molar-refractivity contribution is 5.77. The number of carbonyl (C=O) groups is 1. The van der Waals surface area contributed by atoms with E-state index in [4.69, 9.17) is 4.74 Å². The molecule has 4 heteroatoms. The molecule has 0 aromatic heterocycles. The molecule has 18 heavy (non-hydrogen) atoms. The van der Waals surface area contributed by atoms with E-state index >= 15 is 0 Å². The number of benzene rings is 1. The molecule has 0 saturated heterocycles. The molecule has 2 rings (SSSR count). The van der Waals surface area contributed by atoms with Crippen molar-refractivity contribution in [2.75, 3.05) is 6.61 Å². The van der Waals surface area contributed by atoms with Crippen molar-refractivity contribution in [3.8, 4) is 5.75 Å². The highest BCUT2D eigenvalue weighted by Gasteiger charge is 2.17. The standard InChI is InChI=1S/C14H18FNO2/c1-10-6-7-12(15)13(8-10)18-9-14(17)16-11-4-2-3-5-11/h6-8,11H,2-5,9H2,1H3,(H,16,17). The number of nitrogens with one attached hydrogen (secondary N) is 1. The number of rotatable bonds is 4. The Labute approximate surface area is 106 Å². The Hall–Kier alpha value is -1.58. The van der Waals surface area contributed by atoms with Gasteiger partial charge in [0.2, 0.25) is 0 Å². The van der Waals surface area contributed by atoms with Gasteiger partial charge < -0.3 is 10.1 Å². The summed E-state index contributed by atoms with van der Waals surface area (Å²) in [6, 6.07) is 4.88. The number of carbonyl (C=O) groups excluding carboxylic acids is 1. The second kappa shape index (κ2) is 5.85. The third-order valence-corrected chi connectivity index (χ3v) is 3.17. The van der Waals surface area contributed by atoms with Crippen LogP contribution in [0.1, 0.15) is 31.2 Å². The van der Waals surface area contributed by atoms with Crippen LogP contribution in [0.5, 0.6) is 5.75 Å². The first kappa shape index (κ1) is 12.9. The Morgan fingerprint density at radius 2 is 2.17 bits per heavy atom. The summed E-state index contributed by atoms with van der Waals surface area (Å²) in [6.45, 7) is 1.72. The average Bonchev–Trinajstić information content (AvgIpc) is 2.83. The van der Waals surface area contributed by atoms with Crippen LogP contribution in [0.15, 0.2) is 18.2 Å². The van der Waals surface area contributed by atoms with E-state index in [1.807, 2.05) is 6.92 Å². The summed E-state index contributed by atoms with van der Waals surface area (Å²) < 4.78 is 18.6. The fraction of sp³-hybridized carbons (Fsp3) is 0.500. The number of hydrogen-bond acceptors (Lipinski definition) is 2. The summed E-state index contributed by atoms with van der Waals surface area (Å²) in [5.74, 6) is -0.478. The molecule has 0 atom stereocenters. The van der Waals surface area contributed by atoms with Crippen molar-refractivity contribution in [1.82, 2.24) is 5.32 Å². The molecule has 0 radical (unpaired) electrons. The van der Waals surface area contributed by atoms with Crippen molar-refractivity contribution < 1.29 is 13.9 Å². The van der Waals surface area contributed by atoms with E-state index in [-0.39, 0.29) is 24.3 Å². The summed E-state index contributed by atoms with van der Waals surface area (Å²) in [5.41, 5.74) is 0.905. The summed E-state index contributed by atoms with van der Waals surface area (Å²) in [6.07, 6.45) is 4.39. The first-order chi connectivity index (χ1) is 8.65. The van der Waals surface area contributed by atoms with Crippen LogP contribution in [0.3, 0.4) is 0 Å². The maximum Gasteiger partial charge on any atom is 0.258 e. The van der Waals surface area contributed by atoms with Gasteiger partial charge >= 0.3 is 0 Å². The summed E-state index contributed by atoms with van der Waals surface area (Å²) in [4.78, 5) is 11.6. The molecule has 1 fully saturated rings. The maximum atomic E-state index is 13.4. The molecule has 1 aliphatic rings.